The Morgan fingerprint density at radius 2 is 2.42 bits per heavy atom. The van der Waals surface area contributed by atoms with Gasteiger partial charge in [0.25, 0.3) is 0 Å². The van der Waals surface area contributed by atoms with Gasteiger partial charge in [-0.2, -0.15) is 0 Å². The van der Waals surface area contributed by atoms with Crippen LogP contribution in [0.15, 0.2) is 12.8 Å². The minimum absolute atomic E-state index is 0.182. The molecule has 0 aromatic rings. The monoisotopic (exact) mass is 167 g/mol. The van der Waals surface area contributed by atoms with Gasteiger partial charge < -0.3 is 4.90 Å². The third kappa shape index (κ3) is 1.68. The van der Waals surface area contributed by atoms with Crippen LogP contribution >= 0.6 is 0 Å². The number of likely N-dealkylation sites (tertiary alicyclic amines) is 1. The van der Waals surface area contributed by atoms with E-state index in [4.69, 9.17) is 0 Å². The van der Waals surface area contributed by atoms with Gasteiger partial charge in [-0.1, -0.05) is 26.8 Å². The molecule has 2 unspecified atom stereocenters. The van der Waals surface area contributed by atoms with Crippen LogP contribution in [-0.4, -0.2) is 17.4 Å². The van der Waals surface area contributed by atoms with Crippen molar-refractivity contribution in [3.05, 3.63) is 12.8 Å². The zero-order valence-electron chi connectivity index (χ0n) is 7.92. The first-order valence-electron chi connectivity index (χ1n) is 4.62. The number of piperidine rings is 1. The molecule has 0 aromatic carbocycles. The first kappa shape index (κ1) is 9.30. The van der Waals surface area contributed by atoms with Crippen LogP contribution in [0.3, 0.4) is 0 Å². The van der Waals surface area contributed by atoms with Crippen LogP contribution in [0.25, 0.3) is 0 Å². The van der Waals surface area contributed by atoms with E-state index < -0.39 is 0 Å². The van der Waals surface area contributed by atoms with Crippen molar-refractivity contribution >= 4 is 5.91 Å². The van der Waals surface area contributed by atoms with Crippen LogP contribution in [-0.2, 0) is 4.79 Å². The first-order valence-corrected chi connectivity index (χ1v) is 4.62. The summed E-state index contributed by atoms with van der Waals surface area (Å²) in [5.74, 6) is 1.08. The molecule has 0 aromatic heterocycles. The molecule has 1 amide bonds. The molecule has 1 aliphatic rings. The fourth-order valence-corrected chi connectivity index (χ4v) is 1.79. The summed E-state index contributed by atoms with van der Waals surface area (Å²) in [7, 11) is 0. The lowest BCUT2D eigenvalue weighted by Crippen LogP contribution is -2.40. The predicted molar refractivity (Wildman–Crippen MR) is 49.5 cm³/mol. The minimum Gasteiger partial charge on any atom is -0.319 e. The Balaban J connectivity index is 2.64. The highest BCUT2D eigenvalue weighted by molar-refractivity contribution is 5.80. The Labute approximate surface area is 74.2 Å². The zero-order chi connectivity index (χ0) is 9.14. The maximum absolute atomic E-state index is 11.5. The topological polar surface area (TPSA) is 20.3 Å². The van der Waals surface area contributed by atoms with E-state index >= 15 is 0 Å². The Morgan fingerprint density at radius 1 is 1.75 bits per heavy atom. The maximum atomic E-state index is 11.5. The van der Waals surface area contributed by atoms with E-state index in [0.29, 0.717) is 5.92 Å². The van der Waals surface area contributed by atoms with Crippen LogP contribution in [0, 0.1) is 11.8 Å². The molecule has 0 saturated carbocycles. The van der Waals surface area contributed by atoms with E-state index in [1.807, 2.05) is 6.92 Å². The third-order valence-electron chi connectivity index (χ3n) is 2.64. The van der Waals surface area contributed by atoms with Gasteiger partial charge >= 0.3 is 0 Å². The van der Waals surface area contributed by atoms with E-state index in [0.717, 1.165) is 19.4 Å². The number of nitrogens with zero attached hydrogens (tertiary/aromatic N) is 1. The molecule has 1 aliphatic heterocycles. The van der Waals surface area contributed by atoms with Crippen molar-refractivity contribution in [2.45, 2.75) is 26.7 Å². The van der Waals surface area contributed by atoms with E-state index in [2.05, 4.69) is 13.5 Å². The summed E-state index contributed by atoms with van der Waals surface area (Å²) in [6.07, 6.45) is 3.85. The minimum atomic E-state index is 0.182. The molecule has 68 valence electrons. The van der Waals surface area contributed by atoms with Crippen LogP contribution in [0.5, 0.6) is 0 Å². The molecule has 0 aliphatic carbocycles. The van der Waals surface area contributed by atoms with E-state index in [9.17, 15) is 4.79 Å². The van der Waals surface area contributed by atoms with E-state index in [1.54, 1.807) is 11.1 Å². The van der Waals surface area contributed by atoms with Crippen molar-refractivity contribution in [2.24, 2.45) is 11.8 Å². The predicted octanol–water partition coefficient (Wildman–Crippen LogP) is 2.02. The molecule has 1 fully saturated rings. The standard InChI is InChI=1S/C10H17NO/c1-4-9-6-8(3)10(12)11(5-2)7-9/h5,8-9H,2,4,6-7H2,1,3H3. The number of amides is 1. The number of rotatable bonds is 2. The molecule has 2 heteroatoms. The Hall–Kier alpha value is -0.790. The Morgan fingerprint density at radius 3 is 2.92 bits per heavy atom. The number of hydrogen-bond acceptors (Lipinski definition) is 1. The van der Waals surface area contributed by atoms with E-state index in [-0.39, 0.29) is 11.8 Å². The maximum Gasteiger partial charge on any atom is 0.229 e. The normalized spacial score (nSPS) is 30.5. The van der Waals surface area contributed by atoms with Gasteiger partial charge in [-0.15, -0.1) is 0 Å². The lowest BCUT2D eigenvalue weighted by molar-refractivity contribution is -0.136. The third-order valence-corrected chi connectivity index (χ3v) is 2.64. The quantitative estimate of drug-likeness (QED) is 0.616. The Kier molecular flexibility index (Phi) is 2.90. The highest BCUT2D eigenvalue weighted by Crippen LogP contribution is 2.24. The second-order valence-corrected chi connectivity index (χ2v) is 3.58. The highest BCUT2D eigenvalue weighted by Gasteiger charge is 2.28. The average molecular weight is 167 g/mol. The summed E-state index contributed by atoms with van der Waals surface area (Å²) in [4.78, 5) is 13.2. The zero-order valence-corrected chi connectivity index (χ0v) is 7.92. The lowest BCUT2D eigenvalue weighted by Gasteiger charge is -2.33. The van der Waals surface area contributed by atoms with Gasteiger partial charge in [-0.25, -0.2) is 0 Å². The van der Waals surface area contributed by atoms with Crippen molar-refractivity contribution in [1.29, 1.82) is 0 Å². The molecule has 0 spiro atoms. The van der Waals surface area contributed by atoms with Crippen molar-refractivity contribution in [3.8, 4) is 0 Å². The van der Waals surface area contributed by atoms with Crippen LogP contribution in [0.2, 0.25) is 0 Å². The van der Waals surface area contributed by atoms with Gasteiger partial charge in [-0.3, -0.25) is 4.79 Å². The van der Waals surface area contributed by atoms with Crippen molar-refractivity contribution < 1.29 is 4.79 Å². The van der Waals surface area contributed by atoms with Gasteiger partial charge in [0.15, 0.2) is 0 Å². The summed E-state index contributed by atoms with van der Waals surface area (Å²) in [5.41, 5.74) is 0. The van der Waals surface area contributed by atoms with Crippen molar-refractivity contribution in [3.63, 3.8) is 0 Å². The molecule has 0 radical (unpaired) electrons. The summed E-state index contributed by atoms with van der Waals surface area (Å²) in [6, 6.07) is 0. The van der Waals surface area contributed by atoms with Crippen molar-refractivity contribution in [2.75, 3.05) is 6.54 Å². The molecule has 0 bridgehead atoms. The largest absolute Gasteiger partial charge is 0.319 e. The van der Waals surface area contributed by atoms with Gasteiger partial charge in [0.2, 0.25) is 5.91 Å². The SMILES string of the molecule is C=CN1CC(CC)CC(C)C1=O. The molecule has 2 nitrogen and oxygen atoms in total. The number of carbonyl (C=O) groups is 1. The smallest absolute Gasteiger partial charge is 0.229 e. The van der Waals surface area contributed by atoms with Gasteiger partial charge in [0.1, 0.15) is 0 Å². The van der Waals surface area contributed by atoms with Gasteiger partial charge in [-0.05, 0) is 18.5 Å². The molecular formula is C10H17NO. The summed E-state index contributed by atoms with van der Waals surface area (Å²) >= 11 is 0. The molecular weight excluding hydrogens is 150 g/mol. The second-order valence-electron chi connectivity index (χ2n) is 3.58. The van der Waals surface area contributed by atoms with Gasteiger partial charge in [0, 0.05) is 12.5 Å². The Bertz CT molecular complexity index is 188. The van der Waals surface area contributed by atoms with E-state index in [1.165, 1.54) is 0 Å². The van der Waals surface area contributed by atoms with Gasteiger partial charge in [0.05, 0.1) is 0 Å². The fourth-order valence-electron chi connectivity index (χ4n) is 1.79. The van der Waals surface area contributed by atoms with Crippen molar-refractivity contribution in [1.82, 2.24) is 4.90 Å². The molecule has 12 heavy (non-hydrogen) atoms. The summed E-state index contributed by atoms with van der Waals surface area (Å²) in [6.45, 7) is 8.68. The molecule has 0 N–H and O–H groups in total. The second kappa shape index (κ2) is 3.74. The summed E-state index contributed by atoms with van der Waals surface area (Å²) in [5, 5.41) is 0. The average Bonchev–Trinajstić information content (AvgIpc) is 2.09. The number of hydrogen-bond donors (Lipinski definition) is 0. The molecule has 1 saturated heterocycles. The molecule has 1 heterocycles. The highest BCUT2D eigenvalue weighted by atomic mass is 16.2. The number of carbonyl (C=O) groups excluding carboxylic acids is 1. The van der Waals surface area contributed by atoms with Crippen LogP contribution in [0.4, 0.5) is 0 Å². The fraction of sp³-hybridized carbons (Fsp3) is 0.700. The molecule has 2 atom stereocenters. The molecule has 1 rings (SSSR count). The summed E-state index contributed by atoms with van der Waals surface area (Å²) < 4.78 is 0. The first-order chi connectivity index (χ1) is 5.69. The van der Waals surface area contributed by atoms with Crippen LogP contribution < -0.4 is 0 Å². The lowest BCUT2D eigenvalue weighted by atomic mass is 9.88. The van der Waals surface area contributed by atoms with Crippen LogP contribution in [0.1, 0.15) is 26.7 Å².